The molecule has 0 aliphatic rings. The number of aromatic nitrogens is 4. The zero-order valence-electron chi connectivity index (χ0n) is 17.2. The molecule has 0 fully saturated rings. The van der Waals surface area contributed by atoms with Gasteiger partial charge >= 0.3 is 0 Å². The van der Waals surface area contributed by atoms with Crippen molar-refractivity contribution in [3.8, 4) is 5.88 Å². The number of hydrogen-bond acceptors (Lipinski definition) is 4. The van der Waals surface area contributed by atoms with Crippen molar-refractivity contribution in [1.82, 2.24) is 24.6 Å². The lowest BCUT2D eigenvalue weighted by Gasteiger charge is -2.07. The zero-order valence-corrected chi connectivity index (χ0v) is 17.2. The van der Waals surface area contributed by atoms with E-state index in [4.69, 9.17) is 4.74 Å². The summed E-state index contributed by atoms with van der Waals surface area (Å²) in [6.07, 6.45) is 7.98. The minimum Gasteiger partial charge on any atom is -0.471 e. The minimum atomic E-state index is -0.187. The van der Waals surface area contributed by atoms with Gasteiger partial charge in [-0.1, -0.05) is 60.7 Å². The predicted octanol–water partition coefficient (Wildman–Crippen LogP) is 3.53. The molecule has 0 aliphatic heterocycles. The number of benzene rings is 2. The highest BCUT2D eigenvalue weighted by molar-refractivity contribution is 5.96. The van der Waals surface area contributed by atoms with Crippen LogP contribution in [0, 0.1) is 0 Å². The molecule has 0 saturated carbocycles. The number of nitrogens with zero attached hydrogens (tertiary/aromatic N) is 4. The van der Waals surface area contributed by atoms with Crippen LogP contribution in [0.3, 0.4) is 0 Å². The smallest absolute Gasteiger partial charge is 0.258 e. The summed E-state index contributed by atoms with van der Waals surface area (Å²) < 4.78 is 9.65. The first-order valence-electron chi connectivity index (χ1n) is 10.3. The van der Waals surface area contributed by atoms with Crippen LogP contribution < -0.4 is 10.1 Å². The van der Waals surface area contributed by atoms with Gasteiger partial charge in [0.1, 0.15) is 12.2 Å². The summed E-state index contributed by atoms with van der Waals surface area (Å²) in [4.78, 5) is 16.9. The summed E-state index contributed by atoms with van der Waals surface area (Å²) in [6.45, 7) is 2.27. The maximum absolute atomic E-state index is 12.8. The standard InChI is InChI=1S/C24H25N5O2/c30-23(26-12-7-14-28-15-13-25-19-28)22-17-29(16-20-8-3-1-4-9-20)27-24(22)31-18-21-10-5-2-6-11-21/h1-6,8-11,13,15,17,19H,7,12,14,16,18H2,(H,26,30). The van der Waals surface area contributed by atoms with Crippen LogP contribution in [0.15, 0.2) is 85.6 Å². The van der Waals surface area contributed by atoms with Crippen molar-refractivity contribution in [3.05, 3.63) is 102 Å². The van der Waals surface area contributed by atoms with E-state index < -0.39 is 0 Å². The van der Waals surface area contributed by atoms with Gasteiger partial charge in [0, 0.05) is 31.7 Å². The highest BCUT2D eigenvalue weighted by Crippen LogP contribution is 2.19. The van der Waals surface area contributed by atoms with Crippen molar-refractivity contribution in [3.63, 3.8) is 0 Å². The molecule has 1 amide bonds. The second-order valence-corrected chi connectivity index (χ2v) is 7.22. The van der Waals surface area contributed by atoms with Gasteiger partial charge in [0.15, 0.2) is 0 Å². The summed E-state index contributed by atoms with van der Waals surface area (Å²) in [6, 6.07) is 19.8. The van der Waals surface area contributed by atoms with Crippen LogP contribution in [0.2, 0.25) is 0 Å². The SMILES string of the molecule is O=C(NCCCn1ccnc1)c1cn(Cc2ccccc2)nc1OCc1ccccc1. The molecule has 31 heavy (non-hydrogen) atoms. The molecule has 0 atom stereocenters. The van der Waals surface area contributed by atoms with Crippen molar-refractivity contribution in [2.75, 3.05) is 6.54 Å². The fraction of sp³-hybridized carbons (Fsp3) is 0.208. The van der Waals surface area contributed by atoms with E-state index in [2.05, 4.69) is 15.4 Å². The van der Waals surface area contributed by atoms with Gasteiger partial charge in [0.05, 0.1) is 12.9 Å². The Balaban J connectivity index is 1.43. The van der Waals surface area contributed by atoms with Crippen LogP contribution in [0.1, 0.15) is 27.9 Å². The van der Waals surface area contributed by atoms with Crippen LogP contribution in [0.25, 0.3) is 0 Å². The number of nitrogens with one attached hydrogen (secondary N) is 1. The van der Waals surface area contributed by atoms with Gasteiger partial charge in [-0.2, -0.15) is 0 Å². The molecule has 2 aromatic heterocycles. The number of ether oxygens (including phenoxy) is 1. The molecule has 1 N–H and O–H groups in total. The fourth-order valence-electron chi connectivity index (χ4n) is 3.22. The van der Waals surface area contributed by atoms with Gasteiger partial charge in [-0.05, 0) is 17.5 Å². The van der Waals surface area contributed by atoms with Crippen molar-refractivity contribution in [1.29, 1.82) is 0 Å². The van der Waals surface area contributed by atoms with Crippen molar-refractivity contribution < 1.29 is 9.53 Å². The van der Waals surface area contributed by atoms with Gasteiger partial charge in [0.2, 0.25) is 5.88 Å². The molecule has 7 heteroatoms. The van der Waals surface area contributed by atoms with Crippen LogP contribution in [-0.2, 0) is 19.7 Å². The normalized spacial score (nSPS) is 10.7. The quantitative estimate of drug-likeness (QED) is 0.402. The van der Waals surface area contributed by atoms with E-state index in [1.807, 2.05) is 71.4 Å². The maximum Gasteiger partial charge on any atom is 0.258 e. The molecule has 0 spiro atoms. The Labute approximate surface area is 181 Å². The van der Waals surface area contributed by atoms with Gasteiger partial charge in [0.25, 0.3) is 5.91 Å². The average Bonchev–Trinajstić information content (AvgIpc) is 3.46. The summed E-state index contributed by atoms with van der Waals surface area (Å²) in [7, 11) is 0. The number of hydrogen-bond donors (Lipinski definition) is 1. The average molecular weight is 415 g/mol. The molecular weight excluding hydrogens is 390 g/mol. The van der Waals surface area contributed by atoms with Crippen LogP contribution in [0.4, 0.5) is 0 Å². The predicted molar refractivity (Wildman–Crippen MR) is 118 cm³/mol. The van der Waals surface area contributed by atoms with Crippen LogP contribution in [0.5, 0.6) is 5.88 Å². The third-order valence-corrected chi connectivity index (χ3v) is 4.82. The zero-order chi connectivity index (χ0) is 21.3. The van der Waals surface area contributed by atoms with Crippen LogP contribution in [-0.4, -0.2) is 31.8 Å². The molecule has 4 aromatic rings. The number of amides is 1. The second kappa shape index (κ2) is 10.2. The minimum absolute atomic E-state index is 0.187. The first kappa shape index (κ1) is 20.4. The number of aryl methyl sites for hydroxylation is 1. The number of rotatable bonds is 10. The summed E-state index contributed by atoms with van der Waals surface area (Å²) in [5, 5.41) is 7.50. The van der Waals surface area contributed by atoms with E-state index >= 15 is 0 Å². The lowest BCUT2D eigenvalue weighted by molar-refractivity contribution is 0.0948. The summed E-state index contributed by atoms with van der Waals surface area (Å²) in [5.41, 5.74) is 2.56. The van der Waals surface area contributed by atoms with Gasteiger partial charge in [-0.3, -0.25) is 9.48 Å². The molecule has 7 nitrogen and oxygen atoms in total. The Morgan fingerprint density at radius 3 is 2.45 bits per heavy atom. The topological polar surface area (TPSA) is 74.0 Å². The Hall–Kier alpha value is -3.87. The number of imidazole rings is 1. The molecule has 0 saturated heterocycles. The van der Waals surface area contributed by atoms with Gasteiger partial charge < -0.3 is 14.6 Å². The molecule has 0 bridgehead atoms. The van der Waals surface area contributed by atoms with Crippen molar-refractivity contribution in [2.24, 2.45) is 0 Å². The van der Waals surface area contributed by atoms with E-state index in [-0.39, 0.29) is 5.91 Å². The fourth-order valence-corrected chi connectivity index (χ4v) is 3.22. The Morgan fingerprint density at radius 2 is 1.74 bits per heavy atom. The number of carbonyl (C=O) groups excluding carboxylic acids is 1. The Morgan fingerprint density at radius 1 is 1.00 bits per heavy atom. The Kier molecular flexibility index (Phi) is 6.74. The number of carbonyl (C=O) groups is 1. The Bertz CT molecular complexity index is 1080. The molecular formula is C24H25N5O2. The summed E-state index contributed by atoms with van der Waals surface area (Å²) >= 11 is 0. The lowest BCUT2D eigenvalue weighted by Crippen LogP contribution is -2.25. The molecule has 2 aromatic carbocycles. The monoisotopic (exact) mass is 415 g/mol. The van der Waals surface area contributed by atoms with Crippen molar-refractivity contribution >= 4 is 5.91 Å². The molecule has 0 aliphatic carbocycles. The third-order valence-electron chi connectivity index (χ3n) is 4.82. The highest BCUT2D eigenvalue weighted by Gasteiger charge is 2.18. The molecule has 0 radical (unpaired) electrons. The molecule has 0 unspecified atom stereocenters. The van der Waals surface area contributed by atoms with E-state index in [0.29, 0.717) is 31.1 Å². The first-order valence-corrected chi connectivity index (χ1v) is 10.3. The van der Waals surface area contributed by atoms with E-state index in [1.54, 1.807) is 23.4 Å². The van der Waals surface area contributed by atoms with Crippen LogP contribution >= 0.6 is 0 Å². The van der Waals surface area contributed by atoms with E-state index in [1.165, 1.54) is 0 Å². The molecule has 2 heterocycles. The molecule has 158 valence electrons. The largest absolute Gasteiger partial charge is 0.471 e. The maximum atomic E-state index is 12.8. The van der Waals surface area contributed by atoms with Gasteiger partial charge in [-0.15, -0.1) is 5.10 Å². The highest BCUT2D eigenvalue weighted by atomic mass is 16.5. The van der Waals surface area contributed by atoms with E-state index in [0.717, 1.165) is 24.1 Å². The first-order chi connectivity index (χ1) is 15.3. The van der Waals surface area contributed by atoms with E-state index in [9.17, 15) is 4.79 Å². The second-order valence-electron chi connectivity index (χ2n) is 7.22. The molecule has 4 rings (SSSR count). The summed E-state index contributed by atoms with van der Waals surface area (Å²) in [5.74, 6) is 0.153. The van der Waals surface area contributed by atoms with Gasteiger partial charge in [-0.25, -0.2) is 4.98 Å². The van der Waals surface area contributed by atoms with Crippen molar-refractivity contribution in [2.45, 2.75) is 26.1 Å². The lowest BCUT2D eigenvalue weighted by atomic mass is 10.2. The third kappa shape index (κ3) is 5.82.